The minimum Gasteiger partial charge on any atom is -0.352 e. The van der Waals surface area contributed by atoms with E-state index in [0.717, 1.165) is 30.6 Å². The van der Waals surface area contributed by atoms with Crippen LogP contribution in [0.2, 0.25) is 0 Å². The van der Waals surface area contributed by atoms with Crippen LogP contribution >= 0.6 is 11.8 Å². The van der Waals surface area contributed by atoms with Crippen LogP contribution in [0.4, 0.5) is 5.69 Å². The average molecular weight is 306 g/mol. The normalized spacial score (nSPS) is 13.5. The Morgan fingerprint density at radius 1 is 1.29 bits per heavy atom. The summed E-state index contributed by atoms with van der Waals surface area (Å²) in [6.07, 6.45) is 6.69. The molecule has 0 radical (unpaired) electrons. The van der Waals surface area contributed by atoms with Crippen molar-refractivity contribution in [3.63, 3.8) is 0 Å². The molecule has 1 aromatic rings. The lowest BCUT2D eigenvalue weighted by Gasteiger charge is -2.17. The Bertz CT molecular complexity index is 517. The summed E-state index contributed by atoms with van der Waals surface area (Å²) in [5.41, 5.74) is 2.55. The van der Waals surface area contributed by atoms with Gasteiger partial charge in [-0.3, -0.25) is 9.59 Å². The fourth-order valence-corrected chi connectivity index (χ4v) is 2.87. The molecule has 2 N–H and O–H groups in total. The zero-order valence-electron chi connectivity index (χ0n) is 12.4. The molecule has 0 atom stereocenters. The second-order valence-electron chi connectivity index (χ2n) is 5.23. The maximum absolute atomic E-state index is 12.1. The number of anilines is 1. The molecule has 4 nitrogen and oxygen atoms in total. The van der Waals surface area contributed by atoms with Crippen LogP contribution in [0, 0.1) is 0 Å². The van der Waals surface area contributed by atoms with Gasteiger partial charge in [-0.1, -0.05) is 6.42 Å². The highest BCUT2D eigenvalue weighted by atomic mass is 32.2. The third-order valence-electron chi connectivity index (χ3n) is 3.57. The second-order valence-corrected chi connectivity index (χ2v) is 6.22. The van der Waals surface area contributed by atoms with Gasteiger partial charge in [0.1, 0.15) is 0 Å². The lowest BCUT2D eigenvalue weighted by Crippen LogP contribution is -2.25. The molecule has 0 aliphatic carbocycles. The first-order valence-electron chi connectivity index (χ1n) is 7.40. The summed E-state index contributed by atoms with van der Waals surface area (Å²) in [4.78, 5) is 23.4. The first-order chi connectivity index (χ1) is 10.2. The minimum atomic E-state index is -0.0282. The van der Waals surface area contributed by atoms with E-state index in [2.05, 4.69) is 16.9 Å². The summed E-state index contributed by atoms with van der Waals surface area (Å²) in [6.45, 7) is 0.723. The van der Waals surface area contributed by atoms with E-state index in [1.54, 1.807) is 6.07 Å². The molecule has 0 bridgehead atoms. The molecule has 2 amide bonds. The largest absolute Gasteiger partial charge is 0.352 e. The molecule has 0 unspecified atom stereocenters. The molecule has 0 saturated heterocycles. The van der Waals surface area contributed by atoms with E-state index >= 15 is 0 Å². The number of hydrogen-bond donors (Lipinski definition) is 2. The van der Waals surface area contributed by atoms with Gasteiger partial charge in [0.05, 0.1) is 0 Å². The van der Waals surface area contributed by atoms with E-state index in [4.69, 9.17) is 0 Å². The van der Waals surface area contributed by atoms with Crippen molar-refractivity contribution in [2.45, 2.75) is 32.1 Å². The number of fused-ring (bicyclic) bond motifs is 1. The Balaban J connectivity index is 1.81. The van der Waals surface area contributed by atoms with Crippen LogP contribution in [-0.4, -0.2) is 30.4 Å². The van der Waals surface area contributed by atoms with Crippen molar-refractivity contribution in [3.05, 3.63) is 29.3 Å². The first-order valence-corrected chi connectivity index (χ1v) is 8.80. The van der Waals surface area contributed by atoms with Gasteiger partial charge in [-0.05, 0) is 55.0 Å². The number of carbonyl (C=O) groups excluding carboxylic acids is 2. The van der Waals surface area contributed by atoms with E-state index < -0.39 is 0 Å². The summed E-state index contributed by atoms with van der Waals surface area (Å²) in [5.74, 6) is 1.20. The molecule has 2 rings (SSSR count). The molecular formula is C16H22N2O2S. The van der Waals surface area contributed by atoms with Crippen molar-refractivity contribution in [3.8, 4) is 0 Å². The number of hydrogen-bond acceptors (Lipinski definition) is 3. The van der Waals surface area contributed by atoms with E-state index in [1.807, 2.05) is 23.9 Å². The maximum atomic E-state index is 12.1. The highest BCUT2D eigenvalue weighted by molar-refractivity contribution is 7.98. The monoisotopic (exact) mass is 306 g/mol. The summed E-state index contributed by atoms with van der Waals surface area (Å²) in [6, 6.07) is 5.48. The molecule has 1 aromatic carbocycles. The summed E-state index contributed by atoms with van der Waals surface area (Å²) < 4.78 is 0. The van der Waals surface area contributed by atoms with Gasteiger partial charge in [0.25, 0.3) is 5.91 Å². The van der Waals surface area contributed by atoms with E-state index in [9.17, 15) is 9.59 Å². The Labute approximate surface area is 130 Å². The number of carbonyl (C=O) groups is 2. The van der Waals surface area contributed by atoms with E-state index in [1.165, 1.54) is 12.2 Å². The highest BCUT2D eigenvalue weighted by Crippen LogP contribution is 2.23. The van der Waals surface area contributed by atoms with E-state index in [0.29, 0.717) is 18.4 Å². The molecule has 5 heteroatoms. The van der Waals surface area contributed by atoms with Crippen LogP contribution in [0.1, 0.15) is 41.6 Å². The molecule has 114 valence electrons. The fourth-order valence-electron chi connectivity index (χ4n) is 2.38. The number of thioether (sulfide) groups is 1. The zero-order chi connectivity index (χ0) is 15.1. The van der Waals surface area contributed by atoms with Gasteiger partial charge in [-0.2, -0.15) is 11.8 Å². The smallest absolute Gasteiger partial charge is 0.251 e. The standard InChI is InChI=1S/C16H22N2O2S/c1-21-10-4-2-3-9-17-16(20)13-5-7-14-12(11-13)6-8-15(19)18-14/h5,7,11H,2-4,6,8-10H2,1H3,(H,17,20)(H,18,19). The third kappa shape index (κ3) is 4.77. The van der Waals surface area contributed by atoms with Crippen LogP contribution in [0.5, 0.6) is 0 Å². The van der Waals surface area contributed by atoms with Crippen molar-refractivity contribution < 1.29 is 9.59 Å². The maximum Gasteiger partial charge on any atom is 0.251 e. The summed E-state index contributed by atoms with van der Waals surface area (Å²) >= 11 is 1.86. The van der Waals surface area contributed by atoms with Gasteiger partial charge in [0.2, 0.25) is 5.91 Å². The van der Waals surface area contributed by atoms with Gasteiger partial charge < -0.3 is 10.6 Å². The average Bonchev–Trinajstić information content (AvgIpc) is 2.50. The second kappa shape index (κ2) is 8.08. The van der Waals surface area contributed by atoms with Crippen LogP contribution in [0.3, 0.4) is 0 Å². The number of benzene rings is 1. The number of unbranched alkanes of at least 4 members (excludes halogenated alkanes) is 2. The third-order valence-corrected chi connectivity index (χ3v) is 4.27. The van der Waals surface area contributed by atoms with Crippen molar-refractivity contribution in [2.24, 2.45) is 0 Å². The lowest BCUT2D eigenvalue weighted by molar-refractivity contribution is -0.116. The predicted molar refractivity (Wildman–Crippen MR) is 88.0 cm³/mol. The van der Waals surface area contributed by atoms with Crippen molar-refractivity contribution >= 4 is 29.3 Å². The van der Waals surface area contributed by atoms with Crippen LogP contribution < -0.4 is 10.6 Å². The van der Waals surface area contributed by atoms with Gasteiger partial charge in [-0.15, -0.1) is 0 Å². The number of amides is 2. The molecule has 0 spiro atoms. The fraction of sp³-hybridized carbons (Fsp3) is 0.500. The molecule has 0 fully saturated rings. The van der Waals surface area contributed by atoms with Gasteiger partial charge in [-0.25, -0.2) is 0 Å². The Kier molecular flexibility index (Phi) is 6.11. The predicted octanol–water partition coefficient (Wildman–Crippen LogP) is 2.83. The zero-order valence-corrected chi connectivity index (χ0v) is 13.2. The first kappa shape index (κ1) is 15.9. The van der Waals surface area contributed by atoms with Crippen molar-refractivity contribution in [1.29, 1.82) is 0 Å². The summed E-state index contributed by atoms with van der Waals surface area (Å²) in [7, 11) is 0. The van der Waals surface area contributed by atoms with Crippen LogP contribution in [-0.2, 0) is 11.2 Å². The topological polar surface area (TPSA) is 58.2 Å². The molecule has 1 aliphatic rings. The SMILES string of the molecule is CSCCCCCNC(=O)c1ccc2c(c1)CCC(=O)N2. The minimum absolute atomic E-state index is 0.0282. The molecule has 0 aromatic heterocycles. The van der Waals surface area contributed by atoms with Crippen molar-refractivity contribution in [2.75, 3.05) is 23.9 Å². The lowest BCUT2D eigenvalue weighted by atomic mass is 10.00. The van der Waals surface area contributed by atoms with Crippen LogP contribution in [0.15, 0.2) is 18.2 Å². The molecule has 21 heavy (non-hydrogen) atoms. The molecule has 1 heterocycles. The summed E-state index contributed by atoms with van der Waals surface area (Å²) in [5, 5.41) is 5.78. The van der Waals surface area contributed by atoms with Gasteiger partial charge in [0, 0.05) is 24.2 Å². The van der Waals surface area contributed by atoms with Gasteiger partial charge in [0.15, 0.2) is 0 Å². The highest BCUT2D eigenvalue weighted by Gasteiger charge is 2.16. The van der Waals surface area contributed by atoms with Crippen LogP contribution in [0.25, 0.3) is 0 Å². The number of rotatable bonds is 7. The number of aryl methyl sites for hydroxylation is 1. The number of nitrogens with one attached hydrogen (secondary N) is 2. The molecule has 1 aliphatic heterocycles. The Hall–Kier alpha value is -1.49. The molecular weight excluding hydrogens is 284 g/mol. The Morgan fingerprint density at radius 3 is 2.95 bits per heavy atom. The van der Waals surface area contributed by atoms with Gasteiger partial charge >= 0.3 is 0 Å². The quantitative estimate of drug-likeness (QED) is 0.762. The van der Waals surface area contributed by atoms with Crippen molar-refractivity contribution in [1.82, 2.24) is 5.32 Å². The molecule has 0 saturated carbocycles. The Morgan fingerprint density at radius 2 is 2.14 bits per heavy atom. The van der Waals surface area contributed by atoms with E-state index in [-0.39, 0.29) is 11.8 Å².